The van der Waals surface area contributed by atoms with Crippen molar-refractivity contribution in [2.24, 2.45) is 5.73 Å². The van der Waals surface area contributed by atoms with Gasteiger partial charge in [-0.05, 0) is 40.5 Å². The molecule has 0 radical (unpaired) electrons. The summed E-state index contributed by atoms with van der Waals surface area (Å²) in [5.74, 6) is 1.12. The molecule has 0 bridgehead atoms. The molecule has 0 aliphatic rings. The minimum atomic E-state index is -0.0547. The molecule has 2 nitrogen and oxygen atoms in total. The summed E-state index contributed by atoms with van der Waals surface area (Å²) in [4.78, 5) is 0. The van der Waals surface area contributed by atoms with Crippen LogP contribution in [0.5, 0.6) is 5.75 Å². The zero-order valence-electron chi connectivity index (χ0n) is 13.7. The van der Waals surface area contributed by atoms with Gasteiger partial charge >= 0.3 is 0 Å². The van der Waals surface area contributed by atoms with Crippen molar-refractivity contribution in [3.8, 4) is 5.75 Å². The van der Waals surface area contributed by atoms with Crippen LogP contribution in [0.1, 0.15) is 36.4 Å². The second kappa shape index (κ2) is 6.84. The third kappa shape index (κ3) is 3.08. The Balaban J connectivity index is 2.04. The molecule has 0 saturated heterocycles. The number of ether oxygens (including phenoxy) is 1. The maximum Gasteiger partial charge on any atom is 0.119 e. The highest BCUT2D eigenvalue weighted by molar-refractivity contribution is 5.86. The molecular weight excluding hydrogens is 282 g/mol. The minimum Gasteiger partial charge on any atom is -0.497 e. The van der Waals surface area contributed by atoms with Gasteiger partial charge in [-0.2, -0.15) is 0 Å². The van der Waals surface area contributed by atoms with E-state index in [1.165, 1.54) is 16.3 Å². The lowest BCUT2D eigenvalue weighted by atomic mass is 9.83. The molecule has 0 spiro atoms. The molecule has 2 unspecified atom stereocenters. The third-order valence-corrected chi connectivity index (χ3v) is 4.57. The van der Waals surface area contributed by atoms with E-state index in [1.54, 1.807) is 7.11 Å². The first-order valence-corrected chi connectivity index (χ1v) is 8.11. The van der Waals surface area contributed by atoms with Crippen molar-refractivity contribution in [2.75, 3.05) is 7.11 Å². The van der Waals surface area contributed by atoms with Crippen LogP contribution in [0.25, 0.3) is 10.8 Å². The Kier molecular flexibility index (Phi) is 4.63. The van der Waals surface area contributed by atoms with Crippen molar-refractivity contribution in [1.29, 1.82) is 0 Å². The normalized spacial score (nSPS) is 13.7. The summed E-state index contributed by atoms with van der Waals surface area (Å²) >= 11 is 0. The number of benzene rings is 3. The van der Waals surface area contributed by atoms with Crippen molar-refractivity contribution in [3.63, 3.8) is 0 Å². The summed E-state index contributed by atoms with van der Waals surface area (Å²) in [6.45, 7) is 2.20. The SMILES string of the molecule is CCC(c1cccc2ccccc12)C(N)c1cccc(OC)c1. The van der Waals surface area contributed by atoms with E-state index in [1.807, 2.05) is 18.2 Å². The van der Waals surface area contributed by atoms with Crippen LogP contribution in [0, 0.1) is 0 Å². The molecular formula is C21H23NO. The molecule has 3 aromatic carbocycles. The van der Waals surface area contributed by atoms with Gasteiger partial charge in [0.1, 0.15) is 5.75 Å². The molecule has 0 heterocycles. The Hall–Kier alpha value is -2.32. The van der Waals surface area contributed by atoms with Gasteiger partial charge in [-0.1, -0.05) is 61.5 Å². The highest BCUT2D eigenvalue weighted by atomic mass is 16.5. The van der Waals surface area contributed by atoms with Gasteiger partial charge < -0.3 is 10.5 Å². The van der Waals surface area contributed by atoms with Crippen LogP contribution in [0.2, 0.25) is 0 Å². The number of nitrogens with two attached hydrogens (primary N) is 1. The topological polar surface area (TPSA) is 35.2 Å². The Morgan fingerprint density at radius 2 is 1.70 bits per heavy atom. The molecule has 2 N–H and O–H groups in total. The molecule has 3 rings (SSSR count). The number of hydrogen-bond acceptors (Lipinski definition) is 2. The summed E-state index contributed by atoms with van der Waals surface area (Å²) in [6.07, 6.45) is 0.992. The molecule has 2 heteroatoms. The molecule has 0 aliphatic heterocycles. The first-order chi connectivity index (χ1) is 11.2. The molecule has 0 aliphatic carbocycles. The van der Waals surface area contributed by atoms with Gasteiger partial charge in [0.25, 0.3) is 0 Å². The van der Waals surface area contributed by atoms with Gasteiger partial charge in [-0.3, -0.25) is 0 Å². The molecule has 3 aromatic rings. The van der Waals surface area contributed by atoms with Gasteiger partial charge in [0.15, 0.2) is 0 Å². The Labute approximate surface area is 137 Å². The molecule has 0 aromatic heterocycles. The molecule has 0 fully saturated rings. The first-order valence-electron chi connectivity index (χ1n) is 8.11. The van der Waals surface area contributed by atoms with Gasteiger partial charge in [0, 0.05) is 12.0 Å². The largest absolute Gasteiger partial charge is 0.497 e. The van der Waals surface area contributed by atoms with E-state index < -0.39 is 0 Å². The van der Waals surface area contributed by atoms with Crippen LogP contribution in [-0.4, -0.2) is 7.11 Å². The second-order valence-electron chi connectivity index (χ2n) is 5.89. The van der Waals surface area contributed by atoms with Gasteiger partial charge in [-0.25, -0.2) is 0 Å². The summed E-state index contributed by atoms with van der Waals surface area (Å²) in [6, 6.07) is 23.0. The van der Waals surface area contributed by atoms with E-state index in [9.17, 15) is 0 Å². The maximum atomic E-state index is 6.64. The second-order valence-corrected chi connectivity index (χ2v) is 5.89. The highest BCUT2D eigenvalue weighted by Gasteiger charge is 2.21. The van der Waals surface area contributed by atoms with E-state index in [-0.39, 0.29) is 12.0 Å². The Bertz CT molecular complexity index is 791. The minimum absolute atomic E-state index is 0.0547. The molecule has 2 atom stereocenters. The zero-order valence-corrected chi connectivity index (χ0v) is 13.7. The first kappa shape index (κ1) is 15.6. The summed E-state index contributed by atoms with van der Waals surface area (Å²) in [5, 5.41) is 2.56. The fraction of sp³-hybridized carbons (Fsp3) is 0.238. The van der Waals surface area contributed by atoms with E-state index >= 15 is 0 Å². The van der Waals surface area contributed by atoms with Crippen LogP contribution in [0.3, 0.4) is 0 Å². The third-order valence-electron chi connectivity index (χ3n) is 4.57. The highest BCUT2D eigenvalue weighted by Crippen LogP contribution is 2.36. The van der Waals surface area contributed by atoms with Crippen LogP contribution in [0.4, 0.5) is 0 Å². The quantitative estimate of drug-likeness (QED) is 0.716. The predicted molar refractivity (Wildman–Crippen MR) is 96.9 cm³/mol. The van der Waals surface area contributed by atoms with E-state index in [0.717, 1.165) is 17.7 Å². The lowest BCUT2D eigenvalue weighted by molar-refractivity contribution is 0.413. The summed E-state index contributed by atoms with van der Waals surface area (Å²) < 4.78 is 5.34. The Morgan fingerprint density at radius 1 is 0.957 bits per heavy atom. The molecule has 0 amide bonds. The van der Waals surface area contributed by atoms with E-state index in [0.29, 0.717) is 0 Å². The van der Waals surface area contributed by atoms with Crippen LogP contribution in [0.15, 0.2) is 66.7 Å². The van der Waals surface area contributed by atoms with Crippen molar-refractivity contribution in [2.45, 2.75) is 25.3 Å². The fourth-order valence-electron chi connectivity index (χ4n) is 3.32. The average molecular weight is 305 g/mol. The van der Waals surface area contributed by atoms with Crippen molar-refractivity contribution < 1.29 is 4.74 Å². The van der Waals surface area contributed by atoms with Crippen molar-refractivity contribution in [3.05, 3.63) is 77.9 Å². The summed E-state index contributed by atoms with van der Waals surface area (Å²) in [7, 11) is 1.69. The smallest absolute Gasteiger partial charge is 0.119 e. The monoisotopic (exact) mass is 305 g/mol. The zero-order chi connectivity index (χ0) is 16.2. The number of methoxy groups -OCH3 is 1. The van der Waals surface area contributed by atoms with Crippen molar-refractivity contribution >= 4 is 10.8 Å². The van der Waals surface area contributed by atoms with Gasteiger partial charge in [-0.15, -0.1) is 0 Å². The van der Waals surface area contributed by atoms with E-state index in [4.69, 9.17) is 10.5 Å². The molecule has 118 valence electrons. The van der Waals surface area contributed by atoms with Gasteiger partial charge in [0.2, 0.25) is 0 Å². The number of hydrogen-bond donors (Lipinski definition) is 1. The van der Waals surface area contributed by atoms with Crippen molar-refractivity contribution in [1.82, 2.24) is 0 Å². The fourth-order valence-corrected chi connectivity index (χ4v) is 3.32. The predicted octanol–water partition coefficient (Wildman–Crippen LogP) is 5.04. The van der Waals surface area contributed by atoms with Crippen LogP contribution < -0.4 is 10.5 Å². The number of fused-ring (bicyclic) bond motifs is 1. The molecule has 0 saturated carbocycles. The molecule has 23 heavy (non-hydrogen) atoms. The number of rotatable bonds is 5. The van der Waals surface area contributed by atoms with Crippen LogP contribution >= 0.6 is 0 Å². The standard InChI is InChI=1S/C21H23NO/c1-3-18(21(22)16-10-6-11-17(14-16)23-2)20-13-7-9-15-8-4-5-12-19(15)20/h4-14,18,21H,3,22H2,1-2H3. The lowest BCUT2D eigenvalue weighted by Crippen LogP contribution is -2.19. The Morgan fingerprint density at radius 3 is 2.48 bits per heavy atom. The maximum absolute atomic E-state index is 6.64. The summed E-state index contributed by atoms with van der Waals surface area (Å²) in [5.41, 5.74) is 9.08. The van der Waals surface area contributed by atoms with E-state index in [2.05, 4.69) is 55.5 Å². The van der Waals surface area contributed by atoms with Crippen LogP contribution in [-0.2, 0) is 0 Å². The van der Waals surface area contributed by atoms with Gasteiger partial charge in [0.05, 0.1) is 7.11 Å². The lowest BCUT2D eigenvalue weighted by Gasteiger charge is -2.25. The average Bonchev–Trinajstić information content (AvgIpc) is 2.62.